The molecule has 0 aromatic carbocycles. The van der Waals surface area contributed by atoms with Crippen LogP contribution in [0, 0.1) is 0 Å². The molecule has 0 bridgehead atoms. The third-order valence-corrected chi connectivity index (χ3v) is 2.35. The Morgan fingerprint density at radius 1 is 0.810 bits per heavy atom. The number of hydrogen-bond acceptors (Lipinski definition) is 6. The van der Waals surface area contributed by atoms with E-state index in [-0.39, 0.29) is 18.3 Å². The van der Waals surface area contributed by atoms with Gasteiger partial charge in [0.2, 0.25) is 5.76 Å². The van der Waals surface area contributed by atoms with Crippen molar-refractivity contribution in [3.63, 3.8) is 0 Å². The van der Waals surface area contributed by atoms with Crippen molar-refractivity contribution in [2.75, 3.05) is 13.2 Å². The Labute approximate surface area is 124 Å². The first-order valence-electron chi connectivity index (χ1n) is 6.71. The summed E-state index contributed by atoms with van der Waals surface area (Å²) in [5.41, 5.74) is 0.384. The molecule has 0 radical (unpaired) electrons. The molecule has 21 heavy (non-hydrogen) atoms. The second kappa shape index (κ2) is 10.7. The van der Waals surface area contributed by atoms with E-state index in [0.717, 1.165) is 19.3 Å². The van der Waals surface area contributed by atoms with Gasteiger partial charge in [-0.3, -0.25) is 4.79 Å². The van der Waals surface area contributed by atoms with Gasteiger partial charge in [-0.25, -0.2) is 9.59 Å². The lowest BCUT2D eigenvalue weighted by Gasteiger charge is -2.07. The average Bonchev–Trinajstić information content (AvgIpc) is 2.40. The van der Waals surface area contributed by atoms with E-state index < -0.39 is 11.9 Å². The van der Waals surface area contributed by atoms with Gasteiger partial charge in [-0.1, -0.05) is 6.58 Å². The monoisotopic (exact) mass is 298 g/mol. The minimum atomic E-state index is -0.736. The molecule has 0 N–H and O–H groups in total. The van der Waals surface area contributed by atoms with Crippen LogP contribution in [0.1, 0.15) is 39.5 Å². The first kappa shape index (κ1) is 18.9. The highest BCUT2D eigenvalue weighted by Gasteiger charge is 2.11. The van der Waals surface area contributed by atoms with E-state index in [4.69, 9.17) is 9.47 Å². The summed E-state index contributed by atoms with van der Waals surface area (Å²) >= 11 is 0. The quantitative estimate of drug-likeness (QED) is 0.202. The van der Waals surface area contributed by atoms with E-state index >= 15 is 0 Å². The first-order valence-corrected chi connectivity index (χ1v) is 6.71. The van der Waals surface area contributed by atoms with Crippen LogP contribution in [0.25, 0.3) is 0 Å². The van der Waals surface area contributed by atoms with Gasteiger partial charge in [-0.05, 0) is 39.2 Å². The van der Waals surface area contributed by atoms with Gasteiger partial charge in [-0.15, -0.1) is 0 Å². The van der Waals surface area contributed by atoms with E-state index in [9.17, 15) is 14.4 Å². The molecule has 0 aromatic heterocycles. The van der Waals surface area contributed by atoms with Gasteiger partial charge in [0.15, 0.2) is 0 Å². The Kier molecular flexibility index (Phi) is 9.58. The molecule has 0 atom stereocenters. The molecule has 0 aromatic rings. The molecule has 0 aliphatic heterocycles. The summed E-state index contributed by atoms with van der Waals surface area (Å²) in [5, 5.41) is 0. The number of unbranched alkanes of at least 4 members (excludes halogenated alkanes) is 3. The second-order valence-corrected chi connectivity index (χ2v) is 4.48. The zero-order valence-electron chi connectivity index (χ0n) is 12.6. The van der Waals surface area contributed by atoms with Crippen LogP contribution in [0.15, 0.2) is 24.5 Å². The molecule has 6 heteroatoms. The summed E-state index contributed by atoms with van der Waals surface area (Å²) in [7, 11) is 0. The zero-order chi connectivity index (χ0) is 16.3. The fraction of sp³-hybridized carbons (Fsp3) is 0.533. The fourth-order valence-corrected chi connectivity index (χ4v) is 1.31. The topological polar surface area (TPSA) is 78.9 Å². The standard InChI is InChI=1S/C15H22O6/c1-11(2)14(17)19-9-7-5-6-8-10-20-15(18)12(3)21-13(4)16/h1,3,5-10H2,2,4H3. The van der Waals surface area contributed by atoms with Crippen LogP contribution in [0.2, 0.25) is 0 Å². The Morgan fingerprint density at radius 3 is 1.71 bits per heavy atom. The number of carbonyl (C=O) groups excluding carboxylic acids is 3. The van der Waals surface area contributed by atoms with Gasteiger partial charge in [0, 0.05) is 12.5 Å². The van der Waals surface area contributed by atoms with Crippen LogP contribution in [0.5, 0.6) is 0 Å². The molecule has 0 fully saturated rings. The molecule has 0 aliphatic rings. The number of rotatable bonds is 10. The third-order valence-electron chi connectivity index (χ3n) is 2.35. The lowest BCUT2D eigenvalue weighted by Crippen LogP contribution is -2.12. The summed E-state index contributed by atoms with van der Waals surface area (Å²) < 4.78 is 14.3. The molecule has 0 aliphatic carbocycles. The minimum absolute atomic E-state index is 0.227. The smallest absolute Gasteiger partial charge is 0.373 e. The molecule has 118 valence electrons. The maximum Gasteiger partial charge on any atom is 0.373 e. The molecule has 0 amide bonds. The summed E-state index contributed by atoms with van der Waals surface area (Å²) in [6, 6.07) is 0. The molecule has 0 spiro atoms. The molecular formula is C15H22O6. The summed E-state index contributed by atoms with van der Waals surface area (Å²) in [5.74, 6) is -2.04. The van der Waals surface area contributed by atoms with Crippen LogP contribution >= 0.6 is 0 Å². The highest BCUT2D eigenvalue weighted by atomic mass is 16.6. The van der Waals surface area contributed by atoms with Crippen molar-refractivity contribution in [1.29, 1.82) is 0 Å². The van der Waals surface area contributed by atoms with E-state index in [2.05, 4.69) is 17.9 Å². The fourth-order valence-electron chi connectivity index (χ4n) is 1.31. The van der Waals surface area contributed by atoms with Crippen LogP contribution < -0.4 is 0 Å². The van der Waals surface area contributed by atoms with Crippen molar-refractivity contribution in [1.82, 2.24) is 0 Å². The SMILES string of the molecule is C=C(C)C(=O)OCCCCCCOC(=O)C(=C)OC(C)=O. The van der Waals surface area contributed by atoms with Gasteiger partial charge in [-0.2, -0.15) is 0 Å². The predicted octanol–water partition coefficient (Wildman–Crippen LogP) is 2.29. The van der Waals surface area contributed by atoms with E-state index in [1.807, 2.05) is 0 Å². The van der Waals surface area contributed by atoms with Crippen molar-refractivity contribution >= 4 is 17.9 Å². The summed E-state index contributed by atoms with van der Waals surface area (Å²) in [6.07, 6.45) is 3.10. The van der Waals surface area contributed by atoms with E-state index in [1.165, 1.54) is 6.92 Å². The largest absolute Gasteiger partial charge is 0.462 e. The molecule has 0 saturated heterocycles. The normalized spacial score (nSPS) is 9.62. The van der Waals surface area contributed by atoms with Crippen LogP contribution in [-0.2, 0) is 28.6 Å². The van der Waals surface area contributed by atoms with Crippen LogP contribution in [-0.4, -0.2) is 31.1 Å². The van der Waals surface area contributed by atoms with Crippen molar-refractivity contribution in [3.8, 4) is 0 Å². The first-order chi connectivity index (χ1) is 9.84. The van der Waals surface area contributed by atoms with Gasteiger partial charge in [0.1, 0.15) is 0 Å². The van der Waals surface area contributed by atoms with Gasteiger partial charge in [0.25, 0.3) is 0 Å². The highest BCUT2D eigenvalue weighted by molar-refractivity contribution is 5.88. The van der Waals surface area contributed by atoms with Crippen molar-refractivity contribution < 1.29 is 28.6 Å². The maximum absolute atomic E-state index is 11.3. The number of ether oxygens (including phenoxy) is 3. The van der Waals surface area contributed by atoms with E-state index in [0.29, 0.717) is 18.6 Å². The van der Waals surface area contributed by atoms with Crippen molar-refractivity contribution in [2.24, 2.45) is 0 Å². The van der Waals surface area contributed by atoms with Crippen molar-refractivity contribution in [2.45, 2.75) is 39.5 Å². The van der Waals surface area contributed by atoms with Gasteiger partial charge in [0.05, 0.1) is 13.2 Å². The molecular weight excluding hydrogens is 276 g/mol. The Morgan fingerprint density at radius 2 is 1.29 bits per heavy atom. The predicted molar refractivity (Wildman–Crippen MR) is 76.1 cm³/mol. The molecule has 0 saturated carbocycles. The maximum atomic E-state index is 11.3. The van der Waals surface area contributed by atoms with Gasteiger partial charge < -0.3 is 14.2 Å². The Hall–Kier alpha value is -2.11. The lowest BCUT2D eigenvalue weighted by atomic mass is 10.2. The Bertz CT molecular complexity index is 410. The Balaban J connectivity index is 3.50. The zero-order valence-corrected chi connectivity index (χ0v) is 12.6. The van der Waals surface area contributed by atoms with Crippen LogP contribution in [0.3, 0.4) is 0 Å². The molecule has 6 nitrogen and oxygen atoms in total. The number of esters is 3. The number of hydrogen-bond donors (Lipinski definition) is 0. The minimum Gasteiger partial charge on any atom is -0.462 e. The van der Waals surface area contributed by atoms with E-state index in [1.54, 1.807) is 6.92 Å². The average molecular weight is 298 g/mol. The summed E-state index contributed by atoms with van der Waals surface area (Å²) in [4.78, 5) is 33.0. The molecule has 0 rings (SSSR count). The number of carbonyl (C=O) groups is 3. The van der Waals surface area contributed by atoms with Crippen molar-refractivity contribution in [3.05, 3.63) is 24.5 Å². The summed E-state index contributed by atoms with van der Waals surface area (Å²) in [6.45, 7) is 10.1. The van der Waals surface area contributed by atoms with Gasteiger partial charge >= 0.3 is 17.9 Å². The third kappa shape index (κ3) is 10.4. The molecule has 0 unspecified atom stereocenters. The lowest BCUT2D eigenvalue weighted by molar-refractivity contribution is -0.150. The molecule has 0 heterocycles. The van der Waals surface area contributed by atoms with Crippen LogP contribution in [0.4, 0.5) is 0 Å². The highest BCUT2D eigenvalue weighted by Crippen LogP contribution is 2.04. The second-order valence-electron chi connectivity index (χ2n) is 4.48.